The highest BCUT2D eigenvalue weighted by molar-refractivity contribution is 7.91. The molecule has 0 bridgehead atoms. The van der Waals surface area contributed by atoms with Crippen molar-refractivity contribution < 1.29 is 8.42 Å². The van der Waals surface area contributed by atoms with Gasteiger partial charge in [0.2, 0.25) is 5.95 Å². The zero-order valence-electron chi connectivity index (χ0n) is 9.89. The molecule has 6 heteroatoms. The molecule has 2 aliphatic rings. The fraction of sp³-hybridized carbons (Fsp3) is 0.727. The largest absolute Gasteiger partial charge is 0.349 e. The molecule has 1 atom stereocenters. The Morgan fingerprint density at radius 2 is 2.29 bits per heavy atom. The van der Waals surface area contributed by atoms with Gasteiger partial charge < -0.3 is 9.88 Å². The first kappa shape index (κ1) is 11.1. The zero-order chi connectivity index (χ0) is 12.1. The summed E-state index contributed by atoms with van der Waals surface area (Å²) in [5, 5.41) is 3.32. The van der Waals surface area contributed by atoms with E-state index in [0.29, 0.717) is 12.5 Å². The van der Waals surface area contributed by atoms with Crippen LogP contribution < -0.4 is 5.32 Å². The van der Waals surface area contributed by atoms with Crippen molar-refractivity contribution >= 4 is 15.8 Å². The Bertz CT molecular complexity index is 533. The van der Waals surface area contributed by atoms with Crippen molar-refractivity contribution in [1.29, 1.82) is 0 Å². The zero-order valence-corrected chi connectivity index (χ0v) is 10.7. The van der Waals surface area contributed by atoms with Crippen LogP contribution in [0.5, 0.6) is 0 Å². The molecule has 0 spiro atoms. The summed E-state index contributed by atoms with van der Waals surface area (Å²) in [4.78, 5) is 4.29. The lowest BCUT2D eigenvalue weighted by molar-refractivity contribution is 0.561. The first-order valence-corrected chi connectivity index (χ1v) is 7.81. The number of sulfone groups is 1. The predicted molar refractivity (Wildman–Crippen MR) is 65.8 cm³/mol. The van der Waals surface area contributed by atoms with Gasteiger partial charge in [0.1, 0.15) is 0 Å². The maximum Gasteiger partial charge on any atom is 0.203 e. The van der Waals surface area contributed by atoms with Gasteiger partial charge in [-0.1, -0.05) is 0 Å². The van der Waals surface area contributed by atoms with E-state index in [1.54, 1.807) is 6.20 Å². The molecule has 94 valence electrons. The van der Waals surface area contributed by atoms with Crippen LogP contribution in [0.25, 0.3) is 0 Å². The van der Waals surface area contributed by atoms with Crippen molar-refractivity contribution in [3.63, 3.8) is 0 Å². The van der Waals surface area contributed by atoms with Crippen LogP contribution >= 0.6 is 0 Å². The minimum Gasteiger partial charge on any atom is -0.349 e. The third kappa shape index (κ3) is 2.18. The lowest BCUT2D eigenvalue weighted by Gasteiger charge is -2.25. The van der Waals surface area contributed by atoms with Gasteiger partial charge in [0.25, 0.3) is 0 Å². The number of anilines is 1. The number of imidazole rings is 1. The van der Waals surface area contributed by atoms with Gasteiger partial charge in [-0.05, 0) is 26.2 Å². The van der Waals surface area contributed by atoms with Crippen LogP contribution in [0.2, 0.25) is 0 Å². The molecule has 2 heterocycles. The highest BCUT2D eigenvalue weighted by Gasteiger charge is 2.39. The Morgan fingerprint density at radius 3 is 2.88 bits per heavy atom. The molecule has 2 fully saturated rings. The molecule has 1 saturated heterocycles. The van der Waals surface area contributed by atoms with E-state index in [9.17, 15) is 8.42 Å². The van der Waals surface area contributed by atoms with Crippen LogP contribution in [0.3, 0.4) is 0 Å². The molecule has 1 saturated carbocycles. The number of aromatic nitrogens is 2. The van der Waals surface area contributed by atoms with Gasteiger partial charge in [-0.15, -0.1) is 0 Å². The van der Waals surface area contributed by atoms with Gasteiger partial charge in [0.05, 0.1) is 17.0 Å². The number of nitrogens with one attached hydrogen (secondary N) is 1. The summed E-state index contributed by atoms with van der Waals surface area (Å²) in [7, 11) is -2.87. The van der Waals surface area contributed by atoms with Gasteiger partial charge in [-0.3, -0.25) is 0 Å². The second-order valence-corrected chi connectivity index (χ2v) is 7.60. The van der Waals surface area contributed by atoms with E-state index >= 15 is 0 Å². The lowest BCUT2D eigenvalue weighted by Crippen LogP contribution is -2.37. The van der Waals surface area contributed by atoms with Crippen LogP contribution in [0.4, 0.5) is 5.95 Å². The van der Waals surface area contributed by atoms with E-state index in [2.05, 4.69) is 14.9 Å². The average molecular weight is 255 g/mol. The summed E-state index contributed by atoms with van der Waals surface area (Å²) in [5.41, 5.74) is -0.364. The molecule has 1 aliphatic heterocycles. The van der Waals surface area contributed by atoms with E-state index in [4.69, 9.17) is 0 Å². The van der Waals surface area contributed by atoms with Gasteiger partial charge in [-0.25, -0.2) is 13.4 Å². The first-order valence-electron chi connectivity index (χ1n) is 5.99. The molecule has 1 aliphatic carbocycles. The van der Waals surface area contributed by atoms with Crippen LogP contribution in [0, 0.1) is 0 Å². The highest BCUT2D eigenvalue weighted by atomic mass is 32.2. The van der Waals surface area contributed by atoms with E-state index in [0.717, 1.165) is 5.95 Å². The van der Waals surface area contributed by atoms with Crippen LogP contribution in [-0.2, 0) is 9.84 Å². The molecule has 1 unspecified atom stereocenters. The van der Waals surface area contributed by atoms with Gasteiger partial charge in [0, 0.05) is 18.4 Å². The Morgan fingerprint density at radius 1 is 1.53 bits per heavy atom. The van der Waals surface area contributed by atoms with Crippen molar-refractivity contribution in [2.24, 2.45) is 0 Å². The van der Waals surface area contributed by atoms with E-state index in [1.165, 1.54) is 12.8 Å². The third-order valence-corrected chi connectivity index (χ3v) is 5.43. The van der Waals surface area contributed by atoms with Crippen molar-refractivity contribution in [3.05, 3.63) is 12.4 Å². The molecule has 1 N–H and O–H groups in total. The maximum absolute atomic E-state index is 11.5. The molecule has 0 amide bonds. The first-order chi connectivity index (χ1) is 7.98. The average Bonchev–Trinajstić information content (AvgIpc) is 2.91. The van der Waals surface area contributed by atoms with Crippen molar-refractivity contribution in [3.8, 4) is 0 Å². The van der Waals surface area contributed by atoms with Gasteiger partial charge >= 0.3 is 0 Å². The van der Waals surface area contributed by atoms with Crippen LogP contribution in [0.15, 0.2) is 12.4 Å². The number of nitrogens with zero attached hydrogens (tertiary/aromatic N) is 2. The SMILES string of the molecule is CC1(Nc2nccn2C2CC2)CCS(=O)(=O)C1. The van der Waals surface area contributed by atoms with Gasteiger partial charge in [0.15, 0.2) is 9.84 Å². The summed E-state index contributed by atoms with van der Waals surface area (Å²) in [6, 6.07) is 0.557. The molecule has 5 nitrogen and oxygen atoms in total. The molecule has 3 rings (SSSR count). The van der Waals surface area contributed by atoms with Crippen molar-refractivity contribution in [2.45, 2.75) is 37.8 Å². The third-order valence-electron chi connectivity index (χ3n) is 3.53. The summed E-state index contributed by atoms with van der Waals surface area (Å²) in [6.07, 6.45) is 6.78. The smallest absolute Gasteiger partial charge is 0.203 e. The molecular weight excluding hydrogens is 238 g/mol. The fourth-order valence-corrected chi connectivity index (χ4v) is 4.53. The second kappa shape index (κ2) is 3.48. The number of hydrogen-bond donors (Lipinski definition) is 1. The molecule has 1 aromatic heterocycles. The Labute approximate surface area is 101 Å². The molecular formula is C11H17N3O2S. The minimum atomic E-state index is -2.87. The monoisotopic (exact) mass is 255 g/mol. The van der Waals surface area contributed by atoms with Crippen molar-refractivity contribution in [1.82, 2.24) is 9.55 Å². The summed E-state index contributed by atoms with van der Waals surface area (Å²) < 4.78 is 25.2. The van der Waals surface area contributed by atoms with Gasteiger partial charge in [-0.2, -0.15) is 0 Å². The van der Waals surface area contributed by atoms with Crippen LogP contribution in [-0.4, -0.2) is 35.0 Å². The normalized spacial score (nSPS) is 31.6. The number of hydrogen-bond acceptors (Lipinski definition) is 4. The molecule has 1 aromatic rings. The topological polar surface area (TPSA) is 64.0 Å². The lowest BCUT2D eigenvalue weighted by atomic mass is 10.0. The summed E-state index contributed by atoms with van der Waals surface area (Å²) in [6.45, 7) is 1.96. The van der Waals surface area contributed by atoms with E-state index in [1.807, 2.05) is 13.1 Å². The Balaban J connectivity index is 1.80. The maximum atomic E-state index is 11.5. The van der Waals surface area contributed by atoms with E-state index in [-0.39, 0.29) is 17.0 Å². The van der Waals surface area contributed by atoms with E-state index < -0.39 is 9.84 Å². The fourth-order valence-electron chi connectivity index (χ4n) is 2.44. The number of rotatable bonds is 3. The standard InChI is InChI=1S/C11H17N3O2S/c1-11(4-7-17(15,16)8-11)13-10-12-5-6-14(10)9-2-3-9/h5-6,9H,2-4,7-8H2,1H3,(H,12,13). The Kier molecular flexibility index (Phi) is 2.26. The highest BCUT2D eigenvalue weighted by Crippen LogP contribution is 2.38. The van der Waals surface area contributed by atoms with Crippen molar-refractivity contribution in [2.75, 3.05) is 16.8 Å². The Hall–Kier alpha value is -1.04. The van der Waals surface area contributed by atoms with Crippen LogP contribution in [0.1, 0.15) is 32.2 Å². The molecule has 0 aromatic carbocycles. The summed E-state index contributed by atoms with van der Waals surface area (Å²) >= 11 is 0. The summed E-state index contributed by atoms with van der Waals surface area (Å²) in [5.74, 6) is 1.30. The molecule has 0 radical (unpaired) electrons. The molecule has 17 heavy (non-hydrogen) atoms. The quantitative estimate of drug-likeness (QED) is 0.881. The second-order valence-electron chi connectivity index (χ2n) is 5.42. The predicted octanol–water partition coefficient (Wildman–Crippen LogP) is 1.21. The minimum absolute atomic E-state index is 0.206.